The van der Waals surface area contributed by atoms with E-state index in [1.165, 1.54) is 0 Å². The molecule has 2 nitrogen and oxygen atoms in total. The number of ether oxygens (including phenoxy) is 1. The van der Waals surface area contributed by atoms with Gasteiger partial charge in [-0.3, -0.25) is 0 Å². The van der Waals surface area contributed by atoms with Crippen LogP contribution in [0.15, 0.2) is 16.6 Å². The SMILES string of the molecule is CCOC(=O)c1ccc(Br)c(C)c1C. The van der Waals surface area contributed by atoms with Crippen LogP contribution >= 0.6 is 15.9 Å². The van der Waals surface area contributed by atoms with Crippen LogP contribution < -0.4 is 0 Å². The van der Waals surface area contributed by atoms with Crippen LogP contribution in [0.3, 0.4) is 0 Å². The minimum absolute atomic E-state index is 0.249. The third-order valence-corrected chi connectivity index (χ3v) is 3.08. The largest absolute Gasteiger partial charge is 0.462 e. The van der Waals surface area contributed by atoms with Gasteiger partial charge >= 0.3 is 5.97 Å². The van der Waals surface area contributed by atoms with Gasteiger partial charge < -0.3 is 4.74 Å². The fourth-order valence-corrected chi connectivity index (χ4v) is 1.65. The van der Waals surface area contributed by atoms with E-state index in [1.54, 1.807) is 13.0 Å². The topological polar surface area (TPSA) is 26.3 Å². The van der Waals surface area contributed by atoms with Crippen molar-refractivity contribution in [3.05, 3.63) is 33.3 Å². The zero-order chi connectivity index (χ0) is 10.7. The standard InChI is InChI=1S/C11H13BrO2/c1-4-14-11(13)9-5-6-10(12)8(3)7(9)2/h5-6H,4H2,1-3H3. The average Bonchev–Trinajstić information content (AvgIpc) is 2.15. The highest BCUT2D eigenvalue weighted by molar-refractivity contribution is 9.10. The molecule has 0 radical (unpaired) electrons. The smallest absolute Gasteiger partial charge is 0.338 e. The van der Waals surface area contributed by atoms with Crippen molar-refractivity contribution in [3.63, 3.8) is 0 Å². The molecule has 0 unspecified atom stereocenters. The lowest BCUT2D eigenvalue weighted by molar-refractivity contribution is 0.0525. The molecule has 1 rings (SSSR count). The summed E-state index contributed by atoms with van der Waals surface area (Å²) in [5.41, 5.74) is 2.70. The summed E-state index contributed by atoms with van der Waals surface area (Å²) in [5.74, 6) is -0.249. The van der Waals surface area contributed by atoms with Gasteiger partial charge in [0.25, 0.3) is 0 Å². The molecule has 0 aliphatic carbocycles. The first-order valence-corrected chi connectivity index (χ1v) is 5.30. The molecule has 76 valence electrons. The van der Waals surface area contributed by atoms with Gasteiger partial charge in [-0.05, 0) is 44.0 Å². The van der Waals surface area contributed by atoms with Gasteiger partial charge in [-0.15, -0.1) is 0 Å². The second-order valence-corrected chi connectivity index (χ2v) is 3.92. The molecule has 1 aromatic carbocycles. The molecule has 0 saturated carbocycles. The number of carbonyl (C=O) groups excluding carboxylic acids is 1. The molecular weight excluding hydrogens is 244 g/mol. The molecule has 0 aliphatic heterocycles. The lowest BCUT2D eigenvalue weighted by atomic mass is 10.0. The van der Waals surface area contributed by atoms with Gasteiger partial charge in [0.15, 0.2) is 0 Å². The molecule has 0 fully saturated rings. The van der Waals surface area contributed by atoms with Gasteiger partial charge in [-0.25, -0.2) is 4.79 Å². The minimum Gasteiger partial charge on any atom is -0.462 e. The van der Waals surface area contributed by atoms with Crippen molar-refractivity contribution < 1.29 is 9.53 Å². The van der Waals surface area contributed by atoms with E-state index >= 15 is 0 Å². The van der Waals surface area contributed by atoms with Crippen LogP contribution in [0.1, 0.15) is 28.4 Å². The Morgan fingerprint density at radius 2 is 2.00 bits per heavy atom. The summed E-state index contributed by atoms with van der Waals surface area (Å²) in [5, 5.41) is 0. The third-order valence-electron chi connectivity index (χ3n) is 2.22. The summed E-state index contributed by atoms with van der Waals surface area (Å²) in [6, 6.07) is 3.65. The van der Waals surface area contributed by atoms with Crippen LogP contribution in [0.4, 0.5) is 0 Å². The quantitative estimate of drug-likeness (QED) is 0.760. The molecule has 0 N–H and O–H groups in total. The number of carbonyl (C=O) groups is 1. The second kappa shape index (κ2) is 4.60. The Balaban J connectivity index is 3.11. The fraction of sp³-hybridized carbons (Fsp3) is 0.364. The number of esters is 1. The molecule has 0 heterocycles. The van der Waals surface area contributed by atoms with Crippen LogP contribution in [0.5, 0.6) is 0 Å². The Bertz CT molecular complexity index is 359. The summed E-state index contributed by atoms with van der Waals surface area (Å²) in [6.45, 7) is 6.11. The number of benzene rings is 1. The predicted molar refractivity (Wildman–Crippen MR) is 59.6 cm³/mol. The molecule has 0 aliphatic rings. The van der Waals surface area contributed by atoms with Crippen molar-refractivity contribution in [1.82, 2.24) is 0 Å². The highest BCUT2D eigenvalue weighted by atomic mass is 79.9. The maximum atomic E-state index is 11.5. The summed E-state index contributed by atoms with van der Waals surface area (Å²) in [4.78, 5) is 11.5. The molecule has 0 amide bonds. The van der Waals surface area contributed by atoms with Crippen molar-refractivity contribution in [2.45, 2.75) is 20.8 Å². The van der Waals surface area contributed by atoms with E-state index in [0.29, 0.717) is 12.2 Å². The third kappa shape index (κ3) is 2.15. The molecule has 3 heteroatoms. The molecule has 14 heavy (non-hydrogen) atoms. The Labute approximate surface area is 92.4 Å². The maximum absolute atomic E-state index is 11.5. The van der Waals surface area contributed by atoms with Crippen molar-refractivity contribution in [1.29, 1.82) is 0 Å². The highest BCUT2D eigenvalue weighted by Gasteiger charge is 2.12. The summed E-state index contributed by atoms with van der Waals surface area (Å²) >= 11 is 3.42. The van der Waals surface area contributed by atoms with Gasteiger partial charge in [-0.2, -0.15) is 0 Å². The first-order chi connectivity index (χ1) is 6.57. The van der Waals surface area contributed by atoms with Crippen LogP contribution in [0, 0.1) is 13.8 Å². The number of hydrogen-bond acceptors (Lipinski definition) is 2. The Morgan fingerprint density at radius 1 is 1.36 bits per heavy atom. The van der Waals surface area contributed by atoms with Crippen LogP contribution in [0.2, 0.25) is 0 Å². The minimum atomic E-state index is -0.249. The van der Waals surface area contributed by atoms with Crippen molar-refractivity contribution >= 4 is 21.9 Å². The first-order valence-electron chi connectivity index (χ1n) is 4.50. The Morgan fingerprint density at radius 3 is 2.57 bits per heavy atom. The summed E-state index contributed by atoms with van der Waals surface area (Å²) in [7, 11) is 0. The molecule has 0 spiro atoms. The maximum Gasteiger partial charge on any atom is 0.338 e. The highest BCUT2D eigenvalue weighted by Crippen LogP contribution is 2.22. The number of rotatable bonds is 2. The van der Waals surface area contributed by atoms with Gasteiger partial charge in [0.1, 0.15) is 0 Å². The van der Waals surface area contributed by atoms with Crippen molar-refractivity contribution in [3.8, 4) is 0 Å². The zero-order valence-electron chi connectivity index (χ0n) is 8.56. The molecule has 0 saturated heterocycles. The van der Waals surface area contributed by atoms with Gasteiger partial charge in [0, 0.05) is 4.47 Å². The number of halogens is 1. The summed E-state index contributed by atoms with van der Waals surface area (Å²) in [6.07, 6.45) is 0. The van der Waals surface area contributed by atoms with E-state index < -0.39 is 0 Å². The van der Waals surface area contributed by atoms with E-state index in [4.69, 9.17) is 4.74 Å². The van der Waals surface area contributed by atoms with Gasteiger partial charge in [-0.1, -0.05) is 15.9 Å². The van der Waals surface area contributed by atoms with E-state index in [2.05, 4.69) is 15.9 Å². The molecule has 0 atom stereocenters. The monoisotopic (exact) mass is 256 g/mol. The first kappa shape index (κ1) is 11.2. The van der Waals surface area contributed by atoms with E-state index in [9.17, 15) is 4.79 Å². The normalized spacial score (nSPS) is 10.0. The van der Waals surface area contributed by atoms with Crippen LogP contribution in [0.25, 0.3) is 0 Å². The van der Waals surface area contributed by atoms with Gasteiger partial charge in [0.05, 0.1) is 12.2 Å². The van der Waals surface area contributed by atoms with Crippen molar-refractivity contribution in [2.75, 3.05) is 6.61 Å². The van der Waals surface area contributed by atoms with E-state index in [1.807, 2.05) is 19.9 Å². The fourth-order valence-electron chi connectivity index (χ4n) is 1.22. The van der Waals surface area contributed by atoms with Crippen molar-refractivity contribution in [2.24, 2.45) is 0 Å². The Hall–Kier alpha value is -0.830. The Kier molecular flexibility index (Phi) is 3.69. The molecule has 0 bridgehead atoms. The summed E-state index contributed by atoms with van der Waals surface area (Å²) < 4.78 is 5.97. The second-order valence-electron chi connectivity index (χ2n) is 3.07. The molecule has 0 aromatic heterocycles. The zero-order valence-corrected chi connectivity index (χ0v) is 10.1. The van der Waals surface area contributed by atoms with E-state index in [0.717, 1.165) is 15.6 Å². The predicted octanol–water partition coefficient (Wildman–Crippen LogP) is 3.24. The van der Waals surface area contributed by atoms with E-state index in [-0.39, 0.29) is 5.97 Å². The lowest BCUT2D eigenvalue weighted by Gasteiger charge is -2.09. The van der Waals surface area contributed by atoms with Gasteiger partial charge in [0.2, 0.25) is 0 Å². The van der Waals surface area contributed by atoms with Crippen LogP contribution in [-0.2, 0) is 4.74 Å². The number of hydrogen-bond donors (Lipinski definition) is 0. The molecule has 1 aromatic rings. The average molecular weight is 257 g/mol. The lowest BCUT2D eigenvalue weighted by Crippen LogP contribution is -2.07. The van der Waals surface area contributed by atoms with Crippen LogP contribution in [-0.4, -0.2) is 12.6 Å². The molecular formula is C11H13BrO2.